The number of anilines is 1. The smallest absolute Gasteiger partial charge is 0.388 e. The summed E-state index contributed by atoms with van der Waals surface area (Å²) in [4.78, 5) is 19.2. The number of rotatable bonds is 5. The van der Waals surface area contributed by atoms with Gasteiger partial charge in [0, 0.05) is 18.9 Å². The predicted octanol–water partition coefficient (Wildman–Crippen LogP) is 1.47. The van der Waals surface area contributed by atoms with E-state index in [1.807, 2.05) is 18.2 Å². The SMILES string of the molecule is O=c1[nH]nc(-c2cnc(NCCc3ccccc3)nc2)o1. The van der Waals surface area contributed by atoms with Crippen LogP contribution in [0.4, 0.5) is 5.95 Å². The fourth-order valence-corrected chi connectivity index (χ4v) is 1.85. The summed E-state index contributed by atoms with van der Waals surface area (Å²) in [7, 11) is 0. The van der Waals surface area contributed by atoms with E-state index in [-0.39, 0.29) is 5.89 Å². The van der Waals surface area contributed by atoms with Crippen LogP contribution in [0.25, 0.3) is 11.5 Å². The van der Waals surface area contributed by atoms with Gasteiger partial charge in [-0.2, -0.15) is 0 Å². The van der Waals surface area contributed by atoms with Gasteiger partial charge in [0.15, 0.2) is 0 Å². The molecule has 21 heavy (non-hydrogen) atoms. The first-order chi connectivity index (χ1) is 10.3. The molecule has 0 radical (unpaired) electrons. The molecule has 0 aliphatic heterocycles. The molecule has 0 spiro atoms. The Bertz CT molecular complexity index is 749. The van der Waals surface area contributed by atoms with E-state index < -0.39 is 5.76 Å². The second kappa shape index (κ2) is 6.00. The first-order valence-electron chi connectivity index (χ1n) is 6.47. The van der Waals surface area contributed by atoms with Crippen LogP contribution in [0.2, 0.25) is 0 Å². The molecular weight excluding hydrogens is 270 g/mol. The van der Waals surface area contributed by atoms with E-state index in [9.17, 15) is 4.79 Å². The molecule has 0 atom stereocenters. The van der Waals surface area contributed by atoms with E-state index in [1.165, 1.54) is 5.56 Å². The standard InChI is InChI=1S/C14H13N5O2/c20-14-19-18-12(21-14)11-8-16-13(17-9-11)15-7-6-10-4-2-1-3-5-10/h1-5,8-9H,6-7H2,(H,19,20)(H,15,16,17). The van der Waals surface area contributed by atoms with Crippen molar-refractivity contribution in [3.63, 3.8) is 0 Å². The van der Waals surface area contributed by atoms with Crippen molar-refractivity contribution in [2.45, 2.75) is 6.42 Å². The van der Waals surface area contributed by atoms with Gasteiger partial charge in [-0.15, -0.1) is 5.10 Å². The minimum Gasteiger partial charge on any atom is -0.388 e. The van der Waals surface area contributed by atoms with Crippen molar-refractivity contribution in [1.29, 1.82) is 0 Å². The van der Waals surface area contributed by atoms with Crippen molar-refractivity contribution in [3.8, 4) is 11.5 Å². The molecule has 2 aromatic heterocycles. The van der Waals surface area contributed by atoms with Crippen LogP contribution in [-0.2, 0) is 6.42 Å². The largest absolute Gasteiger partial charge is 0.434 e. The molecule has 0 saturated heterocycles. The van der Waals surface area contributed by atoms with Crippen molar-refractivity contribution in [2.75, 3.05) is 11.9 Å². The van der Waals surface area contributed by atoms with Crippen molar-refractivity contribution in [1.82, 2.24) is 20.2 Å². The van der Waals surface area contributed by atoms with E-state index in [1.54, 1.807) is 12.4 Å². The maximum atomic E-state index is 10.9. The minimum atomic E-state index is -0.602. The molecule has 0 fully saturated rings. The third-order valence-electron chi connectivity index (χ3n) is 2.88. The highest BCUT2D eigenvalue weighted by atomic mass is 16.4. The normalized spacial score (nSPS) is 10.5. The summed E-state index contributed by atoms with van der Waals surface area (Å²) in [6.07, 6.45) is 3.99. The van der Waals surface area contributed by atoms with Gasteiger partial charge in [0.25, 0.3) is 5.89 Å². The molecule has 106 valence electrons. The van der Waals surface area contributed by atoms with Gasteiger partial charge < -0.3 is 9.73 Å². The highest BCUT2D eigenvalue weighted by molar-refractivity contribution is 5.49. The number of hydrogen-bond acceptors (Lipinski definition) is 6. The van der Waals surface area contributed by atoms with Crippen LogP contribution in [-0.4, -0.2) is 26.7 Å². The van der Waals surface area contributed by atoms with E-state index in [0.717, 1.165) is 13.0 Å². The molecule has 1 aromatic carbocycles. The maximum Gasteiger partial charge on any atom is 0.434 e. The molecular formula is C14H13N5O2. The summed E-state index contributed by atoms with van der Waals surface area (Å²) in [5.74, 6) is 0.0958. The first-order valence-corrected chi connectivity index (χ1v) is 6.47. The Kier molecular flexibility index (Phi) is 3.72. The van der Waals surface area contributed by atoms with E-state index in [2.05, 4.69) is 37.6 Å². The lowest BCUT2D eigenvalue weighted by Gasteiger charge is -2.04. The Labute approximate surface area is 120 Å². The zero-order valence-corrected chi connectivity index (χ0v) is 11.1. The Morgan fingerprint density at radius 2 is 1.90 bits per heavy atom. The molecule has 7 nitrogen and oxygen atoms in total. The quantitative estimate of drug-likeness (QED) is 0.736. The summed E-state index contributed by atoms with van der Waals surface area (Å²) >= 11 is 0. The molecule has 0 aliphatic carbocycles. The number of H-pyrrole nitrogens is 1. The maximum absolute atomic E-state index is 10.9. The molecule has 0 unspecified atom stereocenters. The summed E-state index contributed by atoms with van der Waals surface area (Å²) in [6.45, 7) is 0.737. The first kappa shape index (κ1) is 13.0. The van der Waals surface area contributed by atoms with Gasteiger partial charge >= 0.3 is 5.76 Å². The molecule has 7 heteroatoms. The number of nitrogens with one attached hydrogen (secondary N) is 2. The van der Waals surface area contributed by atoms with E-state index in [4.69, 9.17) is 4.42 Å². The number of nitrogens with zero attached hydrogens (tertiary/aromatic N) is 3. The number of benzene rings is 1. The van der Waals surface area contributed by atoms with Crippen molar-refractivity contribution in [2.24, 2.45) is 0 Å². The molecule has 2 N–H and O–H groups in total. The average molecular weight is 283 g/mol. The molecule has 2 heterocycles. The van der Waals surface area contributed by atoms with Gasteiger partial charge in [-0.25, -0.2) is 19.9 Å². The summed E-state index contributed by atoms with van der Waals surface area (Å²) < 4.78 is 4.83. The van der Waals surface area contributed by atoms with Crippen LogP contribution < -0.4 is 11.1 Å². The zero-order valence-electron chi connectivity index (χ0n) is 11.1. The van der Waals surface area contributed by atoms with Crippen molar-refractivity contribution < 1.29 is 4.42 Å². The van der Waals surface area contributed by atoms with Gasteiger partial charge in [0.2, 0.25) is 5.95 Å². The van der Waals surface area contributed by atoms with E-state index >= 15 is 0 Å². The average Bonchev–Trinajstić information content (AvgIpc) is 2.96. The third-order valence-corrected chi connectivity index (χ3v) is 2.88. The van der Waals surface area contributed by atoms with Gasteiger partial charge in [-0.1, -0.05) is 30.3 Å². The molecule has 0 aliphatic rings. The fourth-order valence-electron chi connectivity index (χ4n) is 1.85. The monoisotopic (exact) mass is 283 g/mol. The Morgan fingerprint density at radius 3 is 2.57 bits per heavy atom. The molecule has 0 bridgehead atoms. The molecule has 0 amide bonds. The van der Waals surface area contributed by atoms with E-state index in [0.29, 0.717) is 11.5 Å². The second-order valence-corrected chi connectivity index (χ2v) is 4.38. The van der Waals surface area contributed by atoms with Gasteiger partial charge in [0.1, 0.15) is 0 Å². The number of aromatic nitrogens is 4. The molecule has 3 rings (SSSR count). The van der Waals surface area contributed by atoms with Crippen molar-refractivity contribution >= 4 is 5.95 Å². The topological polar surface area (TPSA) is 96.7 Å². The van der Waals surface area contributed by atoms with Gasteiger partial charge in [0.05, 0.1) is 5.56 Å². The molecule has 3 aromatic rings. The summed E-state index contributed by atoms with van der Waals surface area (Å²) in [5, 5.41) is 9.04. The van der Waals surface area contributed by atoms with Crippen LogP contribution >= 0.6 is 0 Å². The van der Waals surface area contributed by atoms with Crippen LogP contribution in [0.15, 0.2) is 51.9 Å². The van der Waals surface area contributed by atoms with Crippen molar-refractivity contribution in [3.05, 3.63) is 58.8 Å². The lowest BCUT2D eigenvalue weighted by molar-refractivity contribution is 0.526. The Hall–Kier alpha value is -2.96. The highest BCUT2D eigenvalue weighted by Crippen LogP contribution is 2.12. The minimum absolute atomic E-state index is 0.177. The van der Waals surface area contributed by atoms with Gasteiger partial charge in [-0.3, -0.25) is 0 Å². The molecule has 0 saturated carbocycles. The van der Waals surface area contributed by atoms with Crippen LogP contribution in [0.3, 0.4) is 0 Å². The summed E-state index contributed by atoms with van der Waals surface area (Å²) in [5.41, 5.74) is 1.79. The number of hydrogen-bond donors (Lipinski definition) is 2. The number of aromatic amines is 1. The lowest BCUT2D eigenvalue weighted by Crippen LogP contribution is -2.07. The Morgan fingerprint density at radius 1 is 1.14 bits per heavy atom. The highest BCUT2D eigenvalue weighted by Gasteiger charge is 2.06. The second-order valence-electron chi connectivity index (χ2n) is 4.38. The third kappa shape index (κ3) is 3.33. The van der Waals surface area contributed by atoms with Gasteiger partial charge in [-0.05, 0) is 12.0 Å². The van der Waals surface area contributed by atoms with Crippen LogP contribution in [0.5, 0.6) is 0 Å². The predicted molar refractivity (Wildman–Crippen MR) is 76.8 cm³/mol. The van der Waals surface area contributed by atoms with Crippen LogP contribution in [0, 0.1) is 0 Å². The van der Waals surface area contributed by atoms with Crippen LogP contribution in [0.1, 0.15) is 5.56 Å². The Balaban J connectivity index is 1.58. The lowest BCUT2D eigenvalue weighted by atomic mass is 10.1. The summed E-state index contributed by atoms with van der Waals surface area (Å²) in [6, 6.07) is 10.2. The zero-order chi connectivity index (χ0) is 14.5. The fraction of sp³-hybridized carbons (Fsp3) is 0.143.